The van der Waals surface area contributed by atoms with Crippen LogP contribution in [0, 0.1) is 5.82 Å². The summed E-state index contributed by atoms with van der Waals surface area (Å²) in [7, 11) is 1.43. The normalized spacial score (nSPS) is 10.8. The molecule has 0 fully saturated rings. The molecule has 0 aliphatic heterocycles. The van der Waals surface area contributed by atoms with E-state index in [0.29, 0.717) is 25.8 Å². The Morgan fingerprint density at radius 2 is 2.16 bits per heavy atom. The van der Waals surface area contributed by atoms with Gasteiger partial charge in [-0.3, -0.25) is 4.79 Å². The molecule has 0 aliphatic carbocycles. The van der Waals surface area contributed by atoms with Gasteiger partial charge in [0.1, 0.15) is 5.65 Å². The SMILES string of the molecule is COc1ccc(CCC(=O)NCCc2cn3ccccc3n2)cc1F. The number of pyridine rings is 1. The second-order valence-electron chi connectivity index (χ2n) is 5.77. The molecule has 130 valence electrons. The zero-order valence-corrected chi connectivity index (χ0v) is 14.0. The number of benzene rings is 1. The Labute approximate surface area is 145 Å². The number of aromatic nitrogens is 2. The third-order valence-corrected chi connectivity index (χ3v) is 3.97. The van der Waals surface area contributed by atoms with Crippen LogP contribution in [0.5, 0.6) is 5.75 Å². The number of methoxy groups -OCH3 is 1. The molecule has 3 rings (SSSR count). The van der Waals surface area contributed by atoms with Crippen molar-refractivity contribution in [3.63, 3.8) is 0 Å². The summed E-state index contributed by atoms with van der Waals surface area (Å²) in [4.78, 5) is 16.4. The molecular formula is C19H20FN3O2. The lowest BCUT2D eigenvalue weighted by atomic mass is 10.1. The van der Waals surface area contributed by atoms with Crippen molar-refractivity contribution in [3.8, 4) is 5.75 Å². The van der Waals surface area contributed by atoms with Crippen LogP contribution in [-0.4, -0.2) is 28.9 Å². The molecule has 6 heteroatoms. The van der Waals surface area contributed by atoms with Gasteiger partial charge in [-0.15, -0.1) is 0 Å². The van der Waals surface area contributed by atoms with Crippen LogP contribution in [0.15, 0.2) is 48.8 Å². The standard InChI is InChI=1S/C19H20FN3O2/c1-25-17-7-5-14(12-16(17)20)6-8-19(24)21-10-9-15-13-23-11-3-2-4-18(23)22-15/h2-5,7,11-13H,6,8-10H2,1H3,(H,21,24). The summed E-state index contributed by atoms with van der Waals surface area (Å²) in [5, 5.41) is 2.88. The first-order valence-corrected chi connectivity index (χ1v) is 8.17. The average molecular weight is 341 g/mol. The summed E-state index contributed by atoms with van der Waals surface area (Å²) in [5.41, 5.74) is 2.60. The highest BCUT2D eigenvalue weighted by atomic mass is 19.1. The monoisotopic (exact) mass is 341 g/mol. The highest BCUT2D eigenvalue weighted by Crippen LogP contribution is 2.18. The predicted molar refractivity (Wildman–Crippen MR) is 93.2 cm³/mol. The predicted octanol–water partition coefficient (Wildman–Crippen LogP) is 2.77. The smallest absolute Gasteiger partial charge is 0.220 e. The Balaban J connectivity index is 1.44. The number of imidazole rings is 1. The van der Waals surface area contributed by atoms with Crippen molar-refractivity contribution in [2.75, 3.05) is 13.7 Å². The fourth-order valence-corrected chi connectivity index (χ4v) is 2.65. The molecule has 1 amide bonds. The Morgan fingerprint density at radius 3 is 2.92 bits per heavy atom. The van der Waals surface area contributed by atoms with Crippen LogP contribution < -0.4 is 10.1 Å². The number of carbonyl (C=O) groups is 1. The molecule has 0 saturated heterocycles. The maximum absolute atomic E-state index is 13.6. The van der Waals surface area contributed by atoms with Gasteiger partial charge in [0.15, 0.2) is 11.6 Å². The first-order valence-electron chi connectivity index (χ1n) is 8.17. The zero-order valence-electron chi connectivity index (χ0n) is 14.0. The van der Waals surface area contributed by atoms with Crippen LogP contribution in [0.1, 0.15) is 17.7 Å². The Bertz CT molecular complexity index is 843. The number of ether oxygens (including phenoxy) is 1. The number of aryl methyl sites for hydroxylation is 1. The van der Waals surface area contributed by atoms with Gasteiger partial charge >= 0.3 is 0 Å². The van der Waals surface area contributed by atoms with Crippen LogP contribution in [-0.2, 0) is 17.6 Å². The Hall–Kier alpha value is -2.89. The van der Waals surface area contributed by atoms with E-state index < -0.39 is 5.82 Å². The van der Waals surface area contributed by atoms with Gasteiger partial charge < -0.3 is 14.5 Å². The third kappa shape index (κ3) is 4.35. The molecule has 0 spiro atoms. The minimum Gasteiger partial charge on any atom is -0.494 e. The lowest BCUT2D eigenvalue weighted by Gasteiger charge is -2.06. The summed E-state index contributed by atoms with van der Waals surface area (Å²) < 4.78 is 20.5. The molecule has 0 aliphatic rings. The minimum absolute atomic E-state index is 0.0556. The number of rotatable bonds is 7. The third-order valence-electron chi connectivity index (χ3n) is 3.97. The van der Waals surface area contributed by atoms with Crippen molar-refractivity contribution in [3.05, 3.63) is 65.9 Å². The van der Waals surface area contributed by atoms with Crippen molar-refractivity contribution < 1.29 is 13.9 Å². The maximum atomic E-state index is 13.6. The number of halogens is 1. The van der Waals surface area contributed by atoms with Gasteiger partial charge in [0, 0.05) is 31.8 Å². The molecule has 2 heterocycles. The molecule has 25 heavy (non-hydrogen) atoms. The highest BCUT2D eigenvalue weighted by molar-refractivity contribution is 5.76. The topological polar surface area (TPSA) is 55.6 Å². The van der Waals surface area contributed by atoms with E-state index in [9.17, 15) is 9.18 Å². The number of nitrogens with one attached hydrogen (secondary N) is 1. The molecule has 1 aromatic carbocycles. The van der Waals surface area contributed by atoms with E-state index in [0.717, 1.165) is 16.9 Å². The summed E-state index contributed by atoms with van der Waals surface area (Å²) in [5.74, 6) is -0.257. The average Bonchev–Trinajstić information content (AvgIpc) is 3.03. The number of carbonyl (C=O) groups excluding carboxylic acids is 1. The summed E-state index contributed by atoms with van der Waals surface area (Å²) in [6.07, 6.45) is 5.38. The molecule has 1 N–H and O–H groups in total. The van der Waals surface area contributed by atoms with E-state index in [1.165, 1.54) is 13.2 Å². The highest BCUT2D eigenvalue weighted by Gasteiger charge is 2.07. The molecule has 0 unspecified atom stereocenters. The number of nitrogens with zero attached hydrogens (tertiary/aromatic N) is 2. The van der Waals surface area contributed by atoms with Gasteiger partial charge in [-0.2, -0.15) is 0 Å². The van der Waals surface area contributed by atoms with Gasteiger partial charge in [-0.1, -0.05) is 12.1 Å². The lowest BCUT2D eigenvalue weighted by molar-refractivity contribution is -0.121. The maximum Gasteiger partial charge on any atom is 0.220 e. The zero-order chi connectivity index (χ0) is 17.6. The first kappa shape index (κ1) is 17.0. The molecule has 2 aromatic heterocycles. The number of hydrogen-bond donors (Lipinski definition) is 1. The van der Waals surface area contributed by atoms with Crippen molar-refractivity contribution in [2.45, 2.75) is 19.3 Å². The molecule has 5 nitrogen and oxygen atoms in total. The molecule has 0 radical (unpaired) electrons. The van der Waals surface area contributed by atoms with Crippen molar-refractivity contribution in [1.29, 1.82) is 0 Å². The number of amides is 1. The minimum atomic E-state index is -0.410. The van der Waals surface area contributed by atoms with Gasteiger partial charge in [-0.25, -0.2) is 9.37 Å². The van der Waals surface area contributed by atoms with Crippen LogP contribution in [0.4, 0.5) is 4.39 Å². The lowest BCUT2D eigenvalue weighted by Crippen LogP contribution is -2.25. The van der Waals surface area contributed by atoms with Gasteiger partial charge in [0.05, 0.1) is 12.8 Å². The fraction of sp³-hybridized carbons (Fsp3) is 0.263. The van der Waals surface area contributed by atoms with E-state index in [1.807, 2.05) is 35.0 Å². The quantitative estimate of drug-likeness (QED) is 0.719. The van der Waals surface area contributed by atoms with Crippen LogP contribution in [0.3, 0.4) is 0 Å². The van der Waals surface area contributed by atoms with Crippen molar-refractivity contribution >= 4 is 11.6 Å². The van der Waals surface area contributed by atoms with Gasteiger partial charge in [0.25, 0.3) is 0 Å². The molecule has 0 bridgehead atoms. The van der Waals surface area contributed by atoms with Crippen LogP contribution in [0.25, 0.3) is 5.65 Å². The fourth-order valence-electron chi connectivity index (χ4n) is 2.65. The molecule has 0 atom stereocenters. The first-order chi connectivity index (χ1) is 12.2. The van der Waals surface area contributed by atoms with E-state index >= 15 is 0 Å². The summed E-state index contributed by atoms with van der Waals surface area (Å²) >= 11 is 0. The largest absolute Gasteiger partial charge is 0.494 e. The Kier molecular flexibility index (Phi) is 5.28. The number of fused-ring (bicyclic) bond motifs is 1. The van der Waals surface area contributed by atoms with Gasteiger partial charge in [0.2, 0.25) is 5.91 Å². The second kappa shape index (κ2) is 7.79. The molecular weight excluding hydrogens is 321 g/mol. The van der Waals surface area contributed by atoms with Crippen molar-refractivity contribution in [1.82, 2.24) is 14.7 Å². The van der Waals surface area contributed by atoms with Gasteiger partial charge in [-0.05, 0) is 36.2 Å². The molecule has 0 saturated carbocycles. The van der Waals surface area contributed by atoms with Crippen molar-refractivity contribution in [2.24, 2.45) is 0 Å². The van der Waals surface area contributed by atoms with E-state index in [2.05, 4.69) is 10.3 Å². The number of hydrogen-bond acceptors (Lipinski definition) is 3. The molecule has 3 aromatic rings. The summed E-state index contributed by atoms with van der Waals surface area (Å²) in [6, 6.07) is 10.6. The Morgan fingerprint density at radius 1 is 1.28 bits per heavy atom. The van der Waals surface area contributed by atoms with E-state index in [-0.39, 0.29) is 11.7 Å². The summed E-state index contributed by atoms with van der Waals surface area (Å²) in [6.45, 7) is 0.527. The van der Waals surface area contributed by atoms with E-state index in [1.54, 1.807) is 12.1 Å². The van der Waals surface area contributed by atoms with Crippen LogP contribution >= 0.6 is 0 Å². The second-order valence-corrected chi connectivity index (χ2v) is 5.77. The van der Waals surface area contributed by atoms with E-state index in [4.69, 9.17) is 4.74 Å². The van der Waals surface area contributed by atoms with Crippen LogP contribution in [0.2, 0.25) is 0 Å².